The average molecular weight is 553 g/mol. The summed E-state index contributed by atoms with van der Waals surface area (Å²) in [5.74, 6) is 0.126. The highest BCUT2D eigenvalue weighted by atomic mass is 35.5. The predicted molar refractivity (Wildman–Crippen MR) is 137 cm³/mol. The van der Waals surface area contributed by atoms with Gasteiger partial charge in [0, 0.05) is 10.0 Å². The summed E-state index contributed by atoms with van der Waals surface area (Å²) in [6.45, 7) is -0.425. The summed E-state index contributed by atoms with van der Waals surface area (Å²) < 4.78 is 35.8. The van der Waals surface area contributed by atoms with E-state index in [9.17, 15) is 18.0 Å². The molecule has 1 aromatic heterocycles. The maximum absolute atomic E-state index is 12.3. The van der Waals surface area contributed by atoms with Crippen LogP contribution in [-0.2, 0) is 26.2 Å². The summed E-state index contributed by atoms with van der Waals surface area (Å²) in [5, 5.41) is 6.97. The third-order valence-electron chi connectivity index (χ3n) is 4.52. The largest absolute Gasteiger partial charge is 0.484 e. The zero-order valence-electron chi connectivity index (χ0n) is 19.0. The van der Waals surface area contributed by atoms with Crippen molar-refractivity contribution in [3.05, 3.63) is 82.2 Å². The highest BCUT2D eigenvalue weighted by Gasteiger charge is 2.21. The molecule has 0 saturated heterocycles. The Morgan fingerprint density at radius 3 is 2.39 bits per heavy atom. The van der Waals surface area contributed by atoms with Crippen LogP contribution in [0.2, 0.25) is 10.0 Å². The van der Waals surface area contributed by atoms with Gasteiger partial charge in [0.05, 0.1) is 31.0 Å². The van der Waals surface area contributed by atoms with E-state index in [1.165, 1.54) is 30.7 Å². The number of carbonyl (C=O) groups is 2. The van der Waals surface area contributed by atoms with Crippen molar-refractivity contribution >= 4 is 56.9 Å². The molecule has 0 radical (unpaired) electrons. The molecule has 1 heterocycles. The van der Waals surface area contributed by atoms with Gasteiger partial charge in [-0.1, -0.05) is 23.2 Å². The molecule has 0 bridgehead atoms. The van der Waals surface area contributed by atoms with Gasteiger partial charge in [-0.05, 0) is 60.2 Å². The van der Waals surface area contributed by atoms with Crippen LogP contribution >= 0.6 is 23.2 Å². The van der Waals surface area contributed by atoms with Gasteiger partial charge < -0.3 is 14.5 Å². The molecule has 0 saturated carbocycles. The van der Waals surface area contributed by atoms with Crippen LogP contribution in [0.1, 0.15) is 11.3 Å². The Morgan fingerprint density at radius 2 is 1.78 bits per heavy atom. The first-order valence-corrected chi connectivity index (χ1v) is 13.0. The minimum atomic E-state index is -3.80. The highest BCUT2D eigenvalue weighted by Crippen LogP contribution is 2.26. The lowest BCUT2D eigenvalue weighted by Crippen LogP contribution is -2.39. The van der Waals surface area contributed by atoms with Crippen molar-refractivity contribution in [3.8, 4) is 5.75 Å². The van der Waals surface area contributed by atoms with Crippen LogP contribution in [0.5, 0.6) is 5.75 Å². The number of amides is 2. The summed E-state index contributed by atoms with van der Waals surface area (Å²) in [4.78, 5) is 24.2. The van der Waals surface area contributed by atoms with Gasteiger partial charge in [0.2, 0.25) is 10.0 Å². The molecule has 190 valence electrons. The molecule has 3 rings (SSSR count). The number of nitrogens with zero attached hydrogens (tertiary/aromatic N) is 2. The van der Waals surface area contributed by atoms with Crippen molar-refractivity contribution in [1.29, 1.82) is 0 Å². The number of rotatable bonds is 11. The standard InChI is InChI=1S/C23H22Cl2N4O6S/c1-36(32,33)29(19-10-17(24)9-18(25)11-19)14-22(30)28-27-12-16-4-6-20(7-5-16)35-15-23(31)26-13-21-3-2-8-34-21/h2-12H,13-15H2,1H3,(H,26,31)(H,28,30)/b27-12-. The molecule has 2 aromatic carbocycles. The second-order valence-electron chi connectivity index (χ2n) is 7.40. The summed E-state index contributed by atoms with van der Waals surface area (Å²) >= 11 is 11.9. The third-order valence-corrected chi connectivity index (χ3v) is 6.09. The van der Waals surface area contributed by atoms with E-state index in [4.69, 9.17) is 32.4 Å². The summed E-state index contributed by atoms with van der Waals surface area (Å²) in [7, 11) is -3.80. The average Bonchev–Trinajstić information content (AvgIpc) is 3.33. The van der Waals surface area contributed by atoms with Crippen molar-refractivity contribution < 1.29 is 27.2 Å². The first-order valence-electron chi connectivity index (χ1n) is 10.4. The van der Waals surface area contributed by atoms with Crippen LogP contribution < -0.4 is 19.8 Å². The Kier molecular flexibility index (Phi) is 9.34. The fraction of sp³-hybridized carbons (Fsp3) is 0.174. The molecular formula is C23H22Cl2N4O6S. The van der Waals surface area contributed by atoms with Crippen LogP contribution in [0.15, 0.2) is 70.4 Å². The molecule has 0 aliphatic carbocycles. The number of furan rings is 1. The van der Waals surface area contributed by atoms with Crippen LogP contribution in [0.25, 0.3) is 0 Å². The van der Waals surface area contributed by atoms with E-state index in [1.54, 1.807) is 36.4 Å². The maximum atomic E-state index is 12.3. The van der Waals surface area contributed by atoms with Crippen molar-refractivity contribution in [1.82, 2.24) is 10.7 Å². The molecule has 0 atom stereocenters. The molecule has 0 fully saturated rings. The van der Waals surface area contributed by atoms with Crippen molar-refractivity contribution in [2.75, 3.05) is 23.7 Å². The molecule has 0 aliphatic heterocycles. The lowest BCUT2D eigenvalue weighted by molar-refractivity contribution is -0.123. The maximum Gasteiger partial charge on any atom is 0.260 e. The molecule has 36 heavy (non-hydrogen) atoms. The number of carbonyl (C=O) groups excluding carboxylic acids is 2. The number of ether oxygens (including phenoxy) is 1. The second-order valence-corrected chi connectivity index (χ2v) is 10.2. The molecule has 0 aliphatic rings. The molecule has 2 amide bonds. The van der Waals surface area contributed by atoms with Gasteiger partial charge in [-0.3, -0.25) is 13.9 Å². The topological polar surface area (TPSA) is 130 Å². The van der Waals surface area contributed by atoms with Gasteiger partial charge in [0.25, 0.3) is 11.8 Å². The Labute approximate surface area is 217 Å². The Balaban J connectivity index is 1.49. The SMILES string of the molecule is CS(=O)(=O)N(CC(=O)N/N=C\c1ccc(OCC(=O)NCc2ccco2)cc1)c1cc(Cl)cc(Cl)c1. The van der Waals surface area contributed by atoms with Crippen LogP contribution in [0, 0.1) is 0 Å². The summed E-state index contributed by atoms with van der Waals surface area (Å²) in [5.41, 5.74) is 3.06. The molecule has 0 unspecified atom stereocenters. The lowest BCUT2D eigenvalue weighted by Gasteiger charge is -2.21. The number of hydrazone groups is 1. The van der Waals surface area contributed by atoms with Crippen LogP contribution in [0.3, 0.4) is 0 Å². The first kappa shape index (κ1) is 27.1. The summed E-state index contributed by atoms with van der Waals surface area (Å²) in [6.07, 6.45) is 3.86. The lowest BCUT2D eigenvalue weighted by atomic mass is 10.2. The van der Waals surface area contributed by atoms with Gasteiger partial charge in [-0.15, -0.1) is 0 Å². The van der Waals surface area contributed by atoms with Crippen LogP contribution in [-0.4, -0.2) is 45.9 Å². The summed E-state index contributed by atoms with van der Waals surface area (Å²) in [6, 6.07) is 14.3. The Bertz CT molecular complexity index is 1310. The Morgan fingerprint density at radius 1 is 1.08 bits per heavy atom. The second kappa shape index (κ2) is 12.4. The number of benzene rings is 2. The van der Waals surface area contributed by atoms with Gasteiger partial charge >= 0.3 is 0 Å². The molecule has 0 spiro atoms. The number of anilines is 1. The minimum Gasteiger partial charge on any atom is -0.484 e. The van der Waals surface area contributed by atoms with E-state index >= 15 is 0 Å². The Hall–Kier alpha value is -3.54. The van der Waals surface area contributed by atoms with E-state index in [0.717, 1.165) is 10.6 Å². The number of nitrogens with one attached hydrogen (secondary N) is 2. The van der Waals surface area contributed by atoms with E-state index in [-0.39, 0.29) is 34.8 Å². The van der Waals surface area contributed by atoms with Gasteiger partial charge in [-0.25, -0.2) is 13.8 Å². The molecule has 3 aromatic rings. The number of hydrogen-bond donors (Lipinski definition) is 2. The first-order chi connectivity index (χ1) is 17.1. The van der Waals surface area contributed by atoms with E-state index in [2.05, 4.69) is 15.8 Å². The fourth-order valence-electron chi connectivity index (χ4n) is 2.88. The number of halogens is 2. The molecule has 10 nitrogen and oxygen atoms in total. The van der Waals surface area contributed by atoms with Crippen molar-refractivity contribution in [2.45, 2.75) is 6.54 Å². The number of hydrogen-bond acceptors (Lipinski definition) is 7. The van der Waals surface area contributed by atoms with E-state index in [1.807, 2.05) is 0 Å². The minimum absolute atomic E-state index is 0.152. The highest BCUT2D eigenvalue weighted by molar-refractivity contribution is 7.92. The van der Waals surface area contributed by atoms with Gasteiger partial charge in [0.1, 0.15) is 18.1 Å². The normalized spacial score (nSPS) is 11.3. The van der Waals surface area contributed by atoms with E-state index in [0.29, 0.717) is 17.1 Å². The zero-order chi connectivity index (χ0) is 26.1. The zero-order valence-corrected chi connectivity index (χ0v) is 21.3. The van der Waals surface area contributed by atoms with Crippen LogP contribution in [0.4, 0.5) is 5.69 Å². The van der Waals surface area contributed by atoms with Gasteiger partial charge in [-0.2, -0.15) is 5.10 Å². The smallest absolute Gasteiger partial charge is 0.260 e. The quantitative estimate of drug-likeness (QED) is 0.277. The van der Waals surface area contributed by atoms with Gasteiger partial charge in [0.15, 0.2) is 6.61 Å². The fourth-order valence-corrected chi connectivity index (χ4v) is 4.23. The number of sulfonamides is 1. The third kappa shape index (κ3) is 8.59. The predicted octanol–water partition coefficient (Wildman–Crippen LogP) is 3.20. The molecule has 2 N–H and O–H groups in total. The van der Waals surface area contributed by atoms with E-state index < -0.39 is 22.5 Å². The van der Waals surface area contributed by atoms with Crippen molar-refractivity contribution in [2.24, 2.45) is 5.10 Å². The molecular weight excluding hydrogens is 531 g/mol. The monoisotopic (exact) mass is 552 g/mol. The van der Waals surface area contributed by atoms with Crippen molar-refractivity contribution in [3.63, 3.8) is 0 Å². The molecule has 13 heteroatoms.